The zero-order valence-corrected chi connectivity index (χ0v) is 13.0. The summed E-state index contributed by atoms with van der Waals surface area (Å²) >= 11 is 2.16. The zero-order chi connectivity index (χ0) is 13.8. The monoisotopic (exact) mass is 285 g/mol. The summed E-state index contributed by atoms with van der Waals surface area (Å²) in [6.45, 7) is 0. The molecule has 2 aromatic rings. The Bertz CT molecular complexity index is 555. The number of fused-ring (bicyclic) bond motifs is 1. The average Bonchev–Trinajstić information content (AvgIpc) is 2.53. The van der Waals surface area contributed by atoms with Crippen LogP contribution in [0.4, 0.5) is 0 Å². The van der Waals surface area contributed by atoms with Crippen molar-refractivity contribution in [2.45, 2.75) is 37.0 Å². The fourth-order valence-corrected chi connectivity index (χ4v) is 4.68. The molecule has 2 atom stereocenters. The van der Waals surface area contributed by atoms with Crippen LogP contribution in [0.1, 0.15) is 24.8 Å². The van der Waals surface area contributed by atoms with E-state index in [2.05, 4.69) is 66.6 Å². The van der Waals surface area contributed by atoms with Crippen LogP contribution in [0.15, 0.2) is 42.5 Å². The lowest BCUT2D eigenvalue weighted by Crippen LogP contribution is -2.39. The van der Waals surface area contributed by atoms with Crippen LogP contribution in [-0.2, 0) is 6.42 Å². The Hall–Kier alpha value is -0.990. The van der Waals surface area contributed by atoms with Crippen molar-refractivity contribution in [3.05, 3.63) is 48.0 Å². The highest BCUT2D eigenvalue weighted by Gasteiger charge is 2.23. The Balaban J connectivity index is 1.83. The summed E-state index contributed by atoms with van der Waals surface area (Å²) in [7, 11) is 2.12. The average molecular weight is 285 g/mol. The lowest BCUT2D eigenvalue weighted by Gasteiger charge is -2.30. The Morgan fingerprint density at radius 1 is 1.15 bits per heavy atom. The maximum absolute atomic E-state index is 3.56. The molecular weight excluding hydrogens is 262 g/mol. The quantitative estimate of drug-likeness (QED) is 0.901. The summed E-state index contributed by atoms with van der Waals surface area (Å²) in [5.74, 6) is 1.33. The van der Waals surface area contributed by atoms with E-state index in [-0.39, 0.29) is 0 Å². The minimum Gasteiger partial charge on any atom is -0.316 e. The largest absolute Gasteiger partial charge is 0.316 e. The van der Waals surface area contributed by atoms with Gasteiger partial charge in [0.15, 0.2) is 0 Å². The molecule has 2 heteroatoms. The van der Waals surface area contributed by atoms with Crippen molar-refractivity contribution in [1.29, 1.82) is 0 Å². The van der Waals surface area contributed by atoms with E-state index >= 15 is 0 Å². The highest BCUT2D eigenvalue weighted by molar-refractivity contribution is 8.00. The number of hydrogen-bond acceptors (Lipinski definition) is 2. The minimum atomic E-state index is 0.589. The van der Waals surface area contributed by atoms with Gasteiger partial charge in [-0.25, -0.2) is 0 Å². The smallest absolute Gasteiger partial charge is 0.0224 e. The van der Waals surface area contributed by atoms with Gasteiger partial charge in [-0.3, -0.25) is 0 Å². The number of benzene rings is 2. The lowest BCUT2D eigenvalue weighted by molar-refractivity contribution is 0.496. The zero-order valence-electron chi connectivity index (χ0n) is 12.1. The molecular formula is C18H23NS. The maximum Gasteiger partial charge on any atom is 0.0224 e. The Labute approximate surface area is 126 Å². The van der Waals surface area contributed by atoms with Crippen molar-refractivity contribution >= 4 is 22.5 Å². The van der Waals surface area contributed by atoms with Crippen LogP contribution in [0.2, 0.25) is 0 Å². The third-order valence-electron chi connectivity index (χ3n) is 4.35. The van der Waals surface area contributed by atoms with Gasteiger partial charge in [0, 0.05) is 11.3 Å². The SMILES string of the molecule is CNC(Cc1cccc2ccccc12)C1CCCCS1. The van der Waals surface area contributed by atoms with Gasteiger partial charge in [0.1, 0.15) is 0 Å². The Morgan fingerprint density at radius 3 is 2.80 bits per heavy atom. The molecule has 3 rings (SSSR count). The van der Waals surface area contributed by atoms with E-state index in [1.165, 1.54) is 41.4 Å². The number of thioether (sulfide) groups is 1. The maximum atomic E-state index is 3.56. The van der Waals surface area contributed by atoms with Crippen molar-refractivity contribution in [2.24, 2.45) is 0 Å². The van der Waals surface area contributed by atoms with Crippen LogP contribution < -0.4 is 5.32 Å². The molecule has 1 aliphatic heterocycles. The van der Waals surface area contributed by atoms with Gasteiger partial charge in [0.2, 0.25) is 0 Å². The lowest BCUT2D eigenvalue weighted by atomic mass is 9.95. The summed E-state index contributed by atoms with van der Waals surface area (Å²) < 4.78 is 0. The van der Waals surface area contributed by atoms with Crippen LogP contribution in [-0.4, -0.2) is 24.1 Å². The third-order valence-corrected chi connectivity index (χ3v) is 5.87. The van der Waals surface area contributed by atoms with Gasteiger partial charge in [0.25, 0.3) is 0 Å². The van der Waals surface area contributed by atoms with Gasteiger partial charge >= 0.3 is 0 Å². The number of rotatable bonds is 4. The molecule has 0 aromatic heterocycles. The van der Waals surface area contributed by atoms with E-state index in [1.807, 2.05) is 0 Å². The fraction of sp³-hybridized carbons (Fsp3) is 0.444. The molecule has 1 saturated heterocycles. The van der Waals surface area contributed by atoms with Gasteiger partial charge in [-0.05, 0) is 48.4 Å². The molecule has 106 valence electrons. The molecule has 2 aromatic carbocycles. The van der Waals surface area contributed by atoms with E-state index in [9.17, 15) is 0 Å². The van der Waals surface area contributed by atoms with Crippen LogP contribution in [0, 0.1) is 0 Å². The summed E-state index contributed by atoms with van der Waals surface area (Å²) in [5.41, 5.74) is 1.48. The number of nitrogens with one attached hydrogen (secondary N) is 1. The van der Waals surface area contributed by atoms with Crippen molar-refractivity contribution in [3.8, 4) is 0 Å². The molecule has 1 N–H and O–H groups in total. The molecule has 1 aliphatic rings. The first kappa shape index (κ1) is 14.0. The normalized spacial score (nSPS) is 20.9. The second kappa shape index (κ2) is 6.64. The predicted molar refractivity (Wildman–Crippen MR) is 90.6 cm³/mol. The Morgan fingerprint density at radius 2 is 2.00 bits per heavy atom. The second-order valence-electron chi connectivity index (χ2n) is 5.64. The molecule has 0 saturated carbocycles. The molecule has 0 amide bonds. The molecule has 0 spiro atoms. The molecule has 0 bridgehead atoms. The highest BCUT2D eigenvalue weighted by Crippen LogP contribution is 2.30. The van der Waals surface area contributed by atoms with E-state index in [0.29, 0.717) is 6.04 Å². The molecule has 20 heavy (non-hydrogen) atoms. The second-order valence-corrected chi connectivity index (χ2v) is 6.99. The van der Waals surface area contributed by atoms with Gasteiger partial charge in [-0.2, -0.15) is 11.8 Å². The van der Waals surface area contributed by atoms with Gasteiger partial charge in [-0.1, -0.05) is 48.9 Å². The fourth-order valence-electron chi connectivity index (χ4n) is 3.21. The standard InChI is InChI=1S/C18H23NS/c1-19-17(18-11-4-5-12-20-18)13-15-9-6-8-14-7-2-3-10-16(14)15/h2-3,6-10,17-19H,4-5,11-13H2,1H3. The summed E-state index contributed by atoms with van der Waals surface area (Å²) in [4.78, 5) is 0. The molecule has 2 unspecified atom stereocenters. The van der Waals surface area contributed by atoms with Gasteiger partial charge in [-0.15, -0.1) is 0 Å². The first-order chi connectivity index (χ1) is 9.88. The topological polar surface area (TPSA) is 12.0 Å². The third kappa shape index (κ3) is 3.02. The first-order valence-corrected chi connectivity index (χ1v) is 8.69. The number of hydrogen-bond donors (Lipinski definition) is 1. The summed E-state index contributed by atoms with van der Waals surface area (Å²) in [6, 6.07) is 16.0. The Kier molecular flexibility index (Phi) is 4.64. The van der Waals surface area contributed by atoms with Crippen molar-refractivity contribution < 1.29 is 0 Å². The van der Waals surface area contributed by atoms with Crippen LogP contribution in [0.5, 0.6) is 0 Å². The summed E-state index contributed by atoms with van der Waals surface area (Å²) in [6.07, 6.45) is 5.29. The predicted octanol–water partition coefficient (Wildman–Crippen LogP) is 4.26. The van der Waals surface area contributed by atoms with Gasteiger partial charge in [0.05, 0.1) is 0 Å². The van der Waals surface area contributed by atoms with E-state index in [4.69, 9.17) is 0 Å². The van der Waals surface area contributed by atoms with Crippen LogP contribution >= 0.6 is 11.8 Å². The minimum absolute atomic E-state index is 0.589. The number of likely N-dealkylation sites (N-methyl/N-ethyl adjacent to an activating group) is 1. The molecule has 1 heterocycles. The molecule has 1 fully saturated rings. The van der Waals surface area contributed by atoms with Crippen molar-refractivity contribution in [2.75, 3.05) is 12.8 Å². The highest BCUT2D eigenvalue weighted by atomic mass is 32.2. The van der Waals surface area contributed by atoms with Crippen molar-refractivity contribution in [3.63, 3.8) is 0 Å². The van der Waals surface area contributed by atoms with E-state index < -0.39 is 0 Å². The van der Waals surface area contributed by atoms with Gasteiger partial charge < -0.3 is 5.32 Å². The van der Waals surface area contributed by atoms with Crippen LogP contribution in [0.3, 0.4) is 0 Å². The first-order valence-electron chi connectivity index (χ1n) is 7.64. The molecule has 0 radical (unpaired) electrons. The van der Waals surface area contributed by atoms with Crippen molar-refractivity contribution in [1.82, 2.24) is 5.32 Å². The molecule has 1 nitrogen and oxygen atoms in total. The molecule has 0 aliphatic carbocycles. The van der Waals surface area contributed by atoms with Crippen LogP contribution in [0.25, 0.3) is 10.8 Å². The van der Waals surface area contributed by atoms with E-state index in [1.54, 1.807) is 0 Å². The summed E-state index contributed by atoms with van der Waals surface area (Å²) in [5, 5.41) is 7.11. The van der Waals surface area contributed by atoms with E-state index in [0.717, 1.165) is 11.7 Å².